The minimum atomic E-state index is -0.0557. The molecule has 9 heteroatoms. The number of nitrogens with zero attached hydrogens (tertiary/aromatic N) is 5. The molecule has 1 N–H and O–H groups in total. The van der Waals surface area contributed by atoms with Crippen LogP contribution in [0.5, 0.6) is 0 Å². The molecular formula is C21H22N6O2S. The van der Waals surface area contributed by atoms with Crippen LogP contribution in [-0.2, 0) is 13.0 Å². The first-order chi connectivity index (χ1) is 14.8. The second kappa shape index (κ2) is 9.93. The number of nitrogens with one attached hydrogen (secondary N) is 1. The second-order valence-electron chi connectivity index (χ2n) is 6.85. The number of hydrogen-bond donors (Lipinski definition) is 1. The Morgan fingerprint density at radius 3 is 2.80 bits per heavy atom. The van der Waals surface area contributed by atoms with E-state index in [9.17, 15) is 4.79 Å². The number of benzene rings is 1. The quantitative estimate of drug-likeness (QED) is 0.392. The maximum atomic E-state index is 12.3. The lowest BCUT2D eigenvalue weighted by Crippen LogP contribution is -2.24. The van der Waals surface area contributed by atoms with Gasteiger partial charge >= 0.3 is 0 Å². The van der Waals surface area contributed by atoms with Gasteiger partial charge in [0.05, 0.1) is 11.4 Å². The van der Waals surface area contributed by atoms with Gasteiger partial charge in [-0.1, -0.05) is 29.8 Å². The maximum Gasteiger partial charge on any atom is 0.251 e. The SMILES string of the molecule is O=C(NCCCCCc1nc(-c2cccs2)no1)c1ccc(Cn2cncn2)cc1. The van der Waals surface area contributed by atoms with Crippen molar-refractivity contribution in [3.63, 3.8) is 0 Å². The highest BCUT2D eigenvalue weighted by Crippen LogP contribution is 2.21. The van der Waals surface area contributed by atoms with Gasteiger partial charge < -0.3 is 9.84 Å². The van der Waals surface area contributed by atoms with Crippen molar-refractivity contribution >= 4 is 17.2 Å². The van der Waals surface area contributed by atoms with E-state index in [0.29, 0.717) is 30.4 Å². The average molecular weight is 423 g/mol. The third kappa shape index (κ3) is 5.38. The molecule has 4 aromatic rings. The van der Waals surface area contributed by atoms with Crippen LogP contribution >= 0.6 is 11.3 Å². The molecule has 0 saturated carbocycles. The van der Waals surface area contributed by atoms with Crippen molar-refractivity contribution in [2.24, 2.45) is 0 Å². The molecule has 0 radical (unpaired) electrons. The van der Waals surface area contributed by atoms with Crippen LogP contribution in [0.1, 0.15) is 41.1 Å². The Balaban J connectivity index is 1.13. The van der Waals surface area contributed by atoms with E-state index in [1.54, 1.807) is 22.3 Å². The predicted octanol–water partition coefficient (Wildman–Crippen LogP) is 3.58. The summed E-state index contributed by atoms with van der Waals surface area (Å²) in [5.74, 6) is 1.26. The predicted molar refractivity (Wildman–Crippen MR) is 113 cm³/mol. The number of carbonyl (C=O) groups is 1. The molecule has 8 nitrogen and oxygen atoms in total. The molecule has 0 saturated heterocycles. The van der Waals surface area contributed by atoms with Crippen molar-refractivity contribution in [1.82, 2.24) is 30.2 Å². The van der Waals surface area contributed by atoms with Crippen molar-refractivity contribution in [3.05, 3.63) is 71.5 Å². The second-order valence-corrected chi connectivity index (χ2v) is 7.79. The smallest absolute Gasteiger partial charge is 0.251 e. The van der Waals surface area contributed by atoms with E-state index >= 15 is 0 Å². The number of aromatic nitrogens is 5. The lowest BCUT2D eigenvalue weighted by atomic mass is 10.1. The number of amides is 1. The standard InChI is InChI=1S/C21H22N6O2S/c28-21(17-9-7-16(8-10-17)13-27-15-22-14-24-27)23-11-3-1-2-6-19-25-20(26-29-19)18-5-4-12-30-18/h4-5,7-10,12,14-15H,1-3,6,11,13H2,(H,23,28). The summed E-state index contributed by atoms with van der Waals surface area (Å²) in [7, 11) is 0. The van der Waals surface area contributed by atoms with Crippen LogP contribution in [0, 0.1) is 0 Å². The van der Waals surface area contributed by atoms with Gasteiger partial charge in [-0.25, -0.2) is 9.67 Å². The number of unbranched alkanes of at least 4 members (excludes halogenated alkanes) is 2. The molecule has 0 aliphatic carbocycles. The molecule has 0 unspecified atom stereocenters. The van der Waals surface area contributed by atoms with Crippen molar-refractivity contribution in [2.45, 2.75) is 32.2 Å². The first-order valence-corrected chi connectivity index (χ1v) is 10.7. The van der Waals surface area contributed by atoms with Gasteiger partial charge in [0.15, 0.2) is 0 Å². The van der Waals surface area contributed by atoms with Gasteiger partial charge in [-0.15, -0.1) is 11.3 Å². The van der Waals surface area contributed by atoms with E-state index in [1.165, 1.54) is 6.33 Å². The topological polar surface area (TPSA) is 98.7 Å². The monoisotopic (exact) mass is 422 g/mol. The summed E-state index contributed by atoms with van der Waals surface area (Å²) in [6, 6.07) is 11.5. The molecule has 0 fully saturated rings. The number of aryl methyl sites for hydroxylation is 1. The lowest BCUT2D eigenvalue weighted by Gasteiger charge is -2.06. The molecule has 1 aromatic carbocycles. The first-order valence-electron chi connectivity index (χ1n) is 9.84. The highest BCUT2D eigenvalue weighted by atomic mass is 32.1. The van der Waals surface area contributed by atoms with E-state index in [1.807, 2.05) is 41.8 Å². The summed E-state index contributed by atoms with van der Waals surface area (Å²) in [6.45, 7) is 1.28. The fourth-order valence-corrected chi connectivity index (χ4v) is 3.66. The average Bonchev–Trinajstić information content (AvgIpc) is 3.53. The Morgan fingerprint density at radius 2 is 2.03 bits per heavy atom. The van der Waals surface area contributed by atoms with Crippen LogP contribution in [0.25, 0.3) is 10.7 Å². The molecular weight excluding hydrogens is 400 g/mol. The Morgan fingerprint density at radius 1 is 1.13 bits per heavy atom. The summed E-state index contributed by atoms with van der Waals surface area (Å²) < 4.78 is 7.04. The van der Waals surface area contributed by atoms with E-state index in [4.69, 9.17) is 4.52 Å². The number of carbonyl (C=O) groups excluding carboxylic acids is 1. The van der Waals surface area contributed by atoms with Crippen LogP contribution in [-0.4, -0.2) is 37.4 Å². The fourth-order valence-electron chi connectivity index (χ4n) is 3.01. The van der Waals surface area contributed by atoms with Crippen LogP contribution < -0.4 is 5.32 Å². The summed E-state index contributed by atoms with van der Waals surface area (Å²) in [6.07, 6.45) is 6.75. The molecule has 0 aliphatic heterocycles. The van der Waals surface area contributed by atoms with E-state index in [0.717, 1.165) is 36.1 Å². The Bertz CT molecular complexity index is 1040. The highest BCUT2D eigenvalue weighted by Gasteiger charge is 2.09. The normalized spacial score (nSPS) is 10.9. The van der Waals surface area contributed by atoms with Crippen LogP contribution in [0.2, 0.25) is 0 Å². The third-order valence-electron chi connectivity index (χ3n) is 4.59. The zero-order valence-electron chi connectivity index (χ0n) is 16.4. The summed E-state index contributed by atoms with van der Waals surface area (Å²) >= 11 is 1.59. The largest absolute Gasteiger partial charge is 0.352 e. The van der Waals surface area contributed by atoms with Crippen LogP contribution in [0.3, 0.4) is 0 Å². The highest BCUT2D eigenvalue weighted by molar-refractivity contribution is 7.13. The van der Waals surface area contributed by atoms with Crippen molar-refractivity contribution in [3.8, 4) is 10.7 Å². The van der Waals surface area contributed by atoms with Crippen molar-refractivity contribution < 1.29 is 9.32 Å². The summed E-state index contributed by atoms with van der Waals surface area (Å²) in [5, 5.41) is 13.1. The van der Waals surface area contributed by atoms with Crippen molar-refractivity contribution in [2.75, 3.05) is 6.54 Å². The van der Waals surface area contributed by atoms with E-state index < -0.39 is 0 Å². The van der Waals surface area contributed by atoms with Crippen LogP contribution in [0.15, 0.2) is 59.0 Å². The number of hydrogen-bond acceptors (Lipinski definition) is 7. The van der Waals surface area contributed by atoms with Gasteiger partial charge in [0.25, 0.3) is 5.91 Å². The molecule has 30 heavy (non-hydrogen) atoms. The summed E-state index contributed by atoms with van der Waals surface area (Å²) in [4.78, 5) is 21.6. The van der Waals surface area contributed by atoms with Gasteiger partial charge in [0.2, 0.25) is 11.7 Å². The number of rotatable bonds is 10. The van der Waals surface area contributed by atoms with E-state index in [-0.39, 0.29) is 5.91 Å². The number of thiophene rings is 1. The minimum absolute atomic E-state index is 0.0557. The molecule has 4 rings (SSSR count). The Labute approximate surface area is 178 Å². The molecule has 0 spiro atoms. The van der Waals surface area contributed by atoms with Gasteiger partial charge in [-0.2, -0.15) is 10.1 Å². The van der Waals surface area contributed by atoms with Crippen LogP contribution in [0.4, 0.5) is 0 Å². The molecule has 0 aliphatic rings. The van der Waals surface area contributed by atoms with Gasteiger partial charge in [0, 0.05) is 18.5 Å². The van der Waals surface area contributed by atoms with Gasteiger partial charge in [-0.3, -0.25) is 4.79 Å². The Kier molecular flexibility index (Phi) is 6.61. The fraction of sp³-hybridized carbons (Fsp3) is 0.286. The summed E-state index contributed by atoms with van der Waals surface area (Å²) in [5.41, 5.74) is 1.73. The lowest BCUT2D eigenvalue weighted by molar-refractivity contribution is 0.0953. The molecule has 154 valence electrons. The molecule has 0 atom stereocenters. The molecule has 0 bridgehead atoms. The zero-order chi connectivity index (χ0) is 20.6. The van der Waals surface area contributed by atoms with E-state index in [2.05, 4.69) is 25.5 Å². The molecule has 1 amide bonds. The molecule has 3 aromatic heterocycles. The molecule has 3 heterocycles. The third-order valence-corrected chi connectivity index (χ3v) is 5.46. The zero-order valence-corrected chi connectivity index (χ0v) is 17.2. The van der Waals surface area contributed by atoms with Gasteiger partial charge in [-0.05, 0) is 42.0 Å². The maximum absolute atomic E-state index is 12.3. The van der Waals surface area contributed by atoms with Crippen molar-refractivity contribution in [1.29, 1.82) is 0 Å². The first kappa shape index (κ1) is 20.0. The Hall–Kier alpha value is -3.33. The van der Waals surface area contributed by atoms with Gasteiger partial charge in [0.1, 0.15) is 12.7 Å². The minimum Gasteiger partial charge on any atom is -0.352 e.